The Balaban J connectivity index is 2.83. The van der Waals surface area contributed by atoms with Crippen molar-refractivity contribution in [2.75, 3.05) is 34.5 Å². The summed E-state index contributed by atoms with van der Waals surface area (Å²) in [7, 11) is 4.46. The zero-order valence-corrected chi connectivity index (χ0v) is 12.2. The lowest BCUT2D eigenvalue weighted by atomic mass is 10.1. The molecule has 1 aromatic rings. The van der Waals surface area contributed by atoms with Crippen molar-refractivity contribution in [3.05, 3.63) is 23.8 Å². The van der Waals surface area contributed by atoms with Gasteiger partial charge in [0.2, 0.25) is 0 Å². The molecule has 2 N–H and O–H groups in total. The summed E-state index contributed by atoms with van der Waals surface area (Å²) in [5, 5.41) is 12.6. The molecule has 6 heteroatoms. The van der Waals surface area contributed by atoms with Crippen LogP contribution in [0.5, 0.6) is 11.5 Å². The van der Waals surface area contributed by atoms with E-state index in [9.17, 15) is 9.90 Å². The van der Waals surface area contributed by atoms with E-state index in [-0.39, 0.29) is 19.1 Å². The van der Waals surface area contributed by atoms with E-state index in [0.29, 0.717) is 17.1 Å². The number of rotatable bonds is 7. The normalized spacial score (nSPS) is 13.4. The third-order valence-electron chi connectivity index (χ3n) is 2.73. The summed E-state index contributed by atoms with van der Waals surface area (Å²) >= 11 is 0. The van der Waals surface area contributed by atoms with E-state index in [1.54, 1.807) is 25.1 Å². The molecule has 0 unspecified atom stereocenters. The highest BCUT2D eigenvalue weighted by atomic mass is 16.5. The van der Waals surface area contributed by atoms with Crippen molar-refractivity contribution in [2.45, 2.75) is 12.5 Å². The molecule has 0 fully saturated rings. The summed E-state index contributed by atoms with van der Waals surface area (Å²) in [6.07, 6.45) is 0. The van der Waals surface area contributed by atoms with Gasteiger partial charge in [-0.05, 0) is 19.1 Å². The third-order valence-corrected chi connectivity index (χ3v) is 2.73. The van der Waals surface area contributed by atoms with Gasteiger partial charge in [0.05, 0.1) is 26.4 Å². The van der Waals surface area contributed by atoms with Crippen molar-refractivity contribution < 1.29 is 24.1 Å². The molecule has 0 saturated heterocycles. The predicted molar refractivity (Wildman–Crippen MR) is 74.4 cm³/mol. The maximum Gasteiger partial charge on any atom is 0.255 e. The number of methoxy groups -OCH3 is 3. The Morgan fingerprint density at radius 2 is 2.00 bits per heavy atom. The van der Waals surface area contributed by atoms with E-state index < -0.39 is 5.60 Å². The number of ether oxygens (including phenoxy) is 3. The van der Waals surface area contributed by atoms with Crippen LogP contribution in [0.2, 0.25) is 0 Å². The summed E-state index contributed by atoms with van der Waals surface area (Å²) in [4.78, 5) is 12.1. The van der Waals surface area contributed by atoms with Crippen LogP contribution in [-0.2, 0) is 4.74 Å². The lowest BCUT2D eigenvalue weighted by Crippen LogP contribution is -2.43. The summed E-state index contributed by atoms with van der Waals surface area (Å²) in [6, 6.07) is 5.03. The van der Waals surface area contributed by atoms with Crippen LogP contribution in [0.3, 0.4) is 0 Å². The van der Waals surface area contributed by atoms with Crippen LogP contribution < -0.4 is 14.8 Å². The average Bonchev–Trinajstić information content (AvgIpc) is 2.43. The van der Waals surface area contributed by atoms with Crippen LogP contribution in [-0.4, -0.2) is 51.1 Å². The lowest BCUT2D eigenvalue weighted by Gasteiger charge is -2.22. The fraction of sp³-hybridized carbons (Fsp3) is 0.500. The summed E-state index contributed by atoms with van der Waals surface area (Å²) in [5.74, 6) is 0.486. The first-order valence-electron chi connectivity index (χ1n) is 6.15. The lowest BCUT2D eigenvalue weighted by molar-refractivity contribution is -0.0147. The minimum absolute atomic E-state index is 0.0695. The Kier molecular flexibility index (Phi) is 5.79. The van der Waals surface area contributed by atoms with Crippen LogP contribution in [0.25, 0.3) is 0 Å². The highest BCUT2D eigenvalue weighted by Gasteiger charge is 2.23. The molecule has 1 amide bonds. The van der Waals surface area contributed by atoms with E-state index in [4.69, 9.17) is 14.2 Å². The van der Waals surface area contributed by atoms with Gasteiger partial charge in [0, 0.05) is 13.7 Å². The molecule has 0 radical (unpaired) electrons. The van der Waals surface area contributed by atoms with Gasteiger partial charge in [-0.15, -0.1) is 0 Å². The van der Waals surface area contributed by atoms with E-state index in [1.807, 2.05) is 0 Å². The van der Waals surface area contributed by atoms with Gasteiger partial charge in [0.1, 0.15) is 5.60 Å². The number of para-hydroxylation sites is 1. The average molecular weight is 283 g/mol. The van der Waals surface area contributed by atoms with Crippen LogP contribution in [0.1, 0.15) is 17.3 Å². The van der Waals surface area contributed by atoms with Crippen molar-refractivity contribution >= 4 is 5.91 Å². The fourth-order valence-electron chi connectivity index (χ4n) is 1.79. The highest BCUT2D eigenvalue weighted by molar-refractivity contribution is 5.97. The molecule has 6 nitrogen and oxygen atoms in total. The smallest absolute Gasteiger partial charge is 0.255 e. The van der Waals surface area contributed by atoms with Crippen molar-refractivity contribution in [1.29, 1.82) is 0 Å². The van der Waals surface area contributed by atoms with Crippen molar-refractivity contribution in [2.24, 2.45) is 0 Å². The Bertz CT molecular complexity index is 459. The van der Waals surface area contributed by atoms with Crippen LogP contribution in [0.4, 0.5) is 0 Å². The topological polar surface area (TPSA) is 77.0 Å². The number of carbonyl (C=O) groups excluding carboxylic acids is 1. The molecule has 0 aliphatic carbocycles. The number of nitrogens with one attached hydrogen (secondary N) is 1. The molecule has 0 aromatic heterocycles. The standard InChI is InChI=1S/C14H21NO5/c1-14(17,9-18-2)8-15-13(16)10-6-5-7-11(19-3)12(10)20-4/h5-7,17H,8-9H2,1-4H3,(H,15,16)/t14-/m1/s1. The molecule has 0 saturated carbocycles. The number of carbonyl (C=O) groups is 1. The molecular formula is C14H21NO5. The quantitative estimate of drug-likeness (QED) is 0.775. The molecule has 0 heterocycles. The number of amides is 1. The van der Waals surface area contributed by atoms with Crippen molar-refractivity contribution in [3.63, 3.8) is 0 Å². The van der Waals surface area contributed by atoms with Crippen molar-refractivity contribution in [1.82, 2.24) is 5.32 Å². The second kappa shape index (κ2) is 7.12. The van der Waals surface area contributed by atoms with Crippen molar-refractivity contribution in [3.8, 4) is 11.5 Å². The molecule has 1 aromatic carbocycles. The third kappa shape index (κ3) is 4.11. The monoisotopic (exact) mass is 283 g/mol. The Hall–Kier alpha value is -1.79. The number of hydrogen-bond acceptors (Lipinski definition) is 5. The molecule has 112 valence electrons. The molecule has 0 aliphatic rings. The molecule has 0 aliphatic heterocycles. The van der Waals surface area contributed by atoms with Crippen LogP contribution in [0.15, 0.2) is 18.2 Å². The molecule has 1 rings (SSSR count). The summed E-state index contributed by atoms with van der Waals surface area (Å²) in [6.45, 7) is 1.78. The van der Waals surface area contributed by atoms with Gasteiger partial charge in [-0.3, -0.25) is 4.79 Å². The van der Waals surface area contributed by atoms with Gasteiger partial charge in [-0.25, -0.2) is 0 Å². The van der Waals surface area contributed by atoms with Gasteiger partial charge < -0.3 is 24.6 Å². The first-order valence-corrected chi connectivity index (χ1v) is 6.15. The van der Waals surface area contributed by atoms with E-state index in [0.717, 1.165) is 0 Å². The summed E-state index contributed by atoms with van der Waals surface area (Å²) in [5.41, 5.74) is -0.781. The molecule has 1 atom stereocenters. The van der Waals surface area contributed by atoms with Crippen LogP contribution >= 0.6 is 0 Å². The van der Waals surface area contributed by atoms with Gasteiger partial charge in [-0.2, -0.15) is 0 Å². The fourth-order valence-corrected chi connectivity index (χ4v) is 1.79. The maximum absolute atomic E-state index is 12.1. The maximum atomic E-state index is 12.1. The zero-order valence-electron chi connectivity index (χ0n) is 12.2. The van der Waals surface area contributed by atoms with Crippen LogP contribution in [0, 0.1) is 0 Å². The largest absolute Gasteiger partial charge is 0.493 e. The minimum atomic E-state index is -1.13. The molecule has 20 heavy (non-hydrogen) atoms. The minimum Gasteiger partial charge on any atom is -0.493 e. The molecule has 0 spiro atoms. The van der Waals surface area contributed by atoms with E-state index in [2.05, 4.69) is 5.32 Å². The Morgan fingerprint density at radius 3 is 2.55 bits per heavy atom. The predicted octanol–water partition coefficient (Wildman–Crippen LogP) is 0.831. The first kappa shape index (κ1) is 16.3. The number of hydrogen-bond donors (Lipinski definition) is 2. The summed E-state index contributed by atoms with van der Waals surface area (Å²) < 4.78 is 15.2. The van der Waals surface area contributed by atoms with Gasteiger partial charge in [-0.1, -0.05) is 6.07 Å². The number of benzene rings is 1. The SMILES string of the molecule is COC[C@](C)(O)CNC(=O)c1cccc(OC)c1OC. The van der Waals surface area contributed by atoms with E-state index in [1.165, 1.54) is 21.3 Å². The Labute approximate surface area is 118 Å². The van der Waals surface area contributed by atoms with Gasteiger partial charge in [0.25, 0.3) is 5.91 Å². The molecule has 0 bridgehead atoms. The zero-order chi connectivity index (χ0) is 15.2. The second-order valence-corrected chi connectivity index (χ2v) is 4.65. The second-order valence-electron chi connectivity index (χ2n) is 4.65. The van der Waals surface area contributed by atoms with E-state index >= 15 is 0 Å². The molecular weight excluding hydrogens is 262 g/mol. The van der Waals surface area contributed by atoms with Gasteiger partial charge in [0.15, 0.2) is 11.5 Å². The number of aliphatic hydroxyl groups is 1. The highest BCUT2D eigenvalue weighted by Crippen LogP contribution is 2.30. The first-order chi connectivity index (χ1) is 9.45. The Morgan fingerprint density at radius 1 is 1.30 bits per heavy atom. The van der Waals surface area contributed by atoms with Gasteiger partial charge >= 0.3 is 0 Å².